The summed E-state index contributed by atoms with van der Waals surface area (Å²) < 4.78 is 0. The molecule has 2 fully saturated rings. The lowest BCUT2D eigenvalue weighted by atomic mass is 9.99. The van der Waals surface area contributed by atoms with Crippen LogP contribution < -0.4 is 0 Å². The molecule has 0 radical (unpaired) electrons. The Balaban J connectivity index is 1.71. The highest BCUT2D eigenvalue weighted by atomic mass is 16.3. The molecule has 2 aliphatic heterocycles. The van der Waals surface area contributed by atoms with Crippen molar-refractivity contribution in [1.29, 1.82) is 0 Å². The second-order valence-corrected chi connectivity index (χ2v) is 5.54. The van der Waals surface area contributed by atoms with Crippen molar-refractivity contribution < 1.29 is 9.90 Å². The number of hydrogen-bond acceptors (Lipinski definition) is 3. The topological polar surface area (TPSA) is 43.8 Å². The van der Waals surface area contributed by atoms with Crippen LogP contribution >= 0.6 is 0 Å². The minimum absolute atomic E-state index is 0.121. The first kappa shape index (κ1) is 13.8. The first-order valence-electron chi connectivity index (χ1n) is 7.44. The summed E-state index contributed by atoms with van der Waals surface area (Å²) in [7, 11) is 0. The molecule has 0 bridgehead atoms. The van der Waals surface area contributed by atoms with Crippen molar-refractivity contribution in [2.24, 2.45) is 0 Å². The van der Waals surface area contributed by atoms with Crippen LogP contribution in [0.5, 0.6) is 0 Å². The Morgan fingerprint density at radius 2 is 1.72 bits per heavy atom. The van der Waals surface area contributed by atoms with Gasteiger partial charge in [-0.15, -0.1) is 0 Å². The lowest BCUT2D eigenvalue weighted by Crippen LogP contribution is -2.48. The van der Waals surface area contributed by atoms with Gasteiger partial charge in [-0.2, -0.15) is 0 Å². The minimum atomic E-state index is 0.121. The van der Waals surface area contributed by atoms with Crippen molar-refractivity contribution >= 4 is 5.91 Å². The SMILES string of the molecule is O=C(CCCO)N1CCC(N2CCCCC2)CC1. The van der Waals surface area contributed by atoms with Crippen molar-refractivity contribution in [3.8, 4) is 0 Å². The first-order valence-corrected chi connectivity index (χ1v) is 7.44. The Hall–Kier alpha value is -0.610. The number of hydrogen-bond donors (Lipinski definition) is 1. The molecule has 0 unspecified atom stereocenters. The number of carbonyl (C=O) groups excluding carboxylic acids is 1. The maximum absolute atomic E-state index is 11.8. The van der Waals surface area contributed by atoms with Gasteiger partial charge in [-0.25, -0.2) is 0 Å². The van der Waals surface area contributed by atoms with Crippen molar-refractivity contribution in [2.75, 3.05) is 32.8 Å². The van der Waals surface area contributed by atoms with Gasteiger partial charge in [0.05, 0.1) is 0 Å². The Morgan fingerprint density at radius 3 is 2.33 bits per heavy atom. The third-order valence-electron chi connectivity index (χ3n) is 4.27. The third kappa shape index (κ3) is 3.69. The van der Waals surface area contributed by atoms with Gasteiger partial charge in [-0.05, 0) is 45.2 Å². The van der Waals surface area contributed by atoms with E-state index in [1.807, 2.05) is 4.90 Å². The molecule has 4 nitrogen and oxygen atoms in total. The monoisotopic (exact) mass is 254 g/mol. The van der Waals surface area contributed by atoms with Gasteiger partial charge >= 0.3 is 0 Å². The largest absolute Gasteiger partial charge is 0.396 e. The zero-order valence-electron chi connectivity index (χ0n) is 11.3. The number of amides is 1. The lowest BCUT2D eigenvalue weighted by Gasteiger charge is -2.40. The highest BCUT2D eigenvalue weighted by molar-refractivity contribution is 5.76. The molecule has 2 aliphatic rings. The molecule has 2 rings (SSSR count). The maximum Gasteiger partial charge on any atom is 0.222 e. The van der Waals surface area contributed by atoms with Crippen LogP contribution in [-0.4, -0.2) is 59.6 Å². The van der Waals surface area contributed by atoms with Crippen molar-refractivity contribution in [2.45, 2.75) is 51.0 Å². The van der Waals surface area contributed by atoms with Gasteiger partial charge < -0.3 is 14.9 Å². The second-order valence-electron chi connectivity index (χ2n) is 5.54. The number of rotatable bonds is 4. The minimum Gasteiger partial charge on any atom is -0.396 e. The van der Waals surface area contributed by atoms with E-state index < -0.39 is 0 Å². The van der Waals surface area contributed by atoms with E-state index in [2.05, 4.69) is 4.90 Å². The molecule has 0 aromatic carbocycles. The first-order chi connectivity index (χ1) is 8.81. The second kappa shape index (κ2) is 7.10. The van der Waals surface area contributed by atoms with E-state index in [9.17, 15) is 4.79 Å². The summed E-state index contributed by atoms with van der Waals surface area (Å²) in [6.07, 6.45) is 7.44. The molecule has 2 saturated heterocycles. The Bertz CT molecular complexity index is 257. The molecular formula is C14H26N2O2. The smallest absolute Gasteiger partial charge is 0.222 e. The van der Waals surface area contributed by atoms with Crippen LogP contribution in [0.2, 0.25) is 0 Å². The third-order valence-corrected chi connectivity index (χ3v) is 4.27. The van der Waals surface area contributed by atoms with Gasteiger partial charge in [0, 0.05) is 32.2 Å². The summed E-state index contributed by atoms with van der Waals surface area (Å²) >= 11 is 0. The number of piperidine rings is 2. The molecule has 0 aromatic heterocycles. The quantitative estimate of drug-likeness (QED) is 0.821. The van der Waals surface area contributed by atoms with Crippen LogP contribution in [0.25, 0.3) is 0 Å². The number of likely N-dealkylation sites (tertiary alicyclic amines) is 2. The van der Waals surface area contributed by atoms with E-state index in [0.29, 0.717) is 18.9 Å². The molecule has 1 amide bonds. The molecule has 0 aliphatic carbocycles. The predicted octanol–water partition coefficient (Wildman–Crippen LogP) is 1.24. The molecule has 104 valence electrons. The van der Waals surface area contributed by atoms with Crippen LogP contribution in [0.4, 0.5) is 0 Å². The van der Waals surface area contributed by atoms with E-state index in [-0.39, 0.29) is 12.5 Å². The van der Waals surface area contributed by atoms with E-state index in [1.54, 1.807) is 0 Å². The van der Waals surface area contributed by atoms with Crippen LogP contribution in [0.1, 0.15) is 44.9 Å². The summed E-state index contributed by atoms with van der Waals surface area (Å²) in [6, 6.07) is 0.701. The summed E-state index contributed by atoms with van der Waals surface area (Å²) in [5.41, 5.74) is 0. The van der Waals surface area contributed by atoms with E-state index in [4.69, 9.17) is 5.11 Å². The summed E-state index contributed by atoms with van der Waals surface area (Å²) in [5, 5.41) is 8.75. The zero-order chi connectivity index (χ0) is 12.8. The Kier molecular flexibility index (Phi) is 5.45. The molecule has 4 heteroatoms. The van der Waals surface area contributed by atoms with Gasteiger partial charge in [0.25, 0.3) is 0 Å². The molecular weight excluding hydrogens is 228 g/mol. The maximum atomic E-state index is 11.8. The summed E-state index contributed by atoms with van der Waals surface area (Å²) in [5.74, 6) is 0.223. The fourth-order valence-electron chi connectivity index (χ4n) is 3.15. The molecule has 0 saturated carbocycles. The van der Waals surface area contributed by atoms with Gasteiger partial charge in [0.1, 0.15) is 0 Å². The van der Waals surface area contributed by atoms with Crippen molar-refractivity contribution in [3.63, 3.8) is 0 Å². The highest BCUT2D eigenvalue weighted by Gasteiger charge is 2.27. The Labute approximate surface area is 110 Å². The normalized spacial score (nSPS) is 23.3. The summed E-state index contributed by atoms with van der Waals surface area (Å²) in [4.78, 5) is 16.4. The standard InChI is InChI=1S/C14H26N2O2/c17-12-4-5-14(18)16-10-6-13(7-11-16)15-8-2-1-3-9-15/h13,17H,1-12H2. The number of aliphatic hydroxyl groups excluding tert-OH is 1. The summed E-state index contributed by atoms with van der Waals surface area (Å²) in [6.45, 7) is 4.44. The average molecular weight is 254 g/mol. The van der Waals surface area contributed by atoms with Crippen LogP contribution in [0, 0.1) is 0 Å². The van der Waals surface area contributed by atoms with Gasteiger partial charge in [-0.1, -0.05) is 6.42 Å². The Morgan fingerprint density at radius 1 is 1.06 bits per heavy atom. The lowest BCUT2D eigenvalue weighted by molar-refractivity contribution is -0.133. The van der Waals surface area contributed by atoms with Gasteiger partial charge in [-0.3, -0.25) is 4.79 Å². The molecule has 0 aromatic rings. The molecule has 0 atom stereocenters. The van der Waals surface area contributed by atoms with E-state index >= 15 is 0 Å². The number of carbonyl (C=O) groups is 1. The van der Waals surface area contributed by atoms with Gasteiger partial charge in [0.2, 0.25) is 5.91 Å². The van der Waals surface area contributed by atoms with Crippen molar-refractivity contribution in [3.05, 3.63) is 0 Å². The fourth-order valence-corrected chi connectivity index (χ4v) is 3.15. The van der Waals surface area contributed by atoms with Gasteiger partial charge in [0.15, 0.2) is 0 Å². The zero-order valence-corrected chi connectivity index (χ0v) is 11.3. The van der Waals surface area contributed by atoms with Crippen LogP contribution in [0.3, 0.4) is 0 Å². The predicted molar refractivity (Wildman–Crippen MR) is 71.3 cm³/mol. The molecule has 1 N–H and O–H groups in total. The van der Waals surface area contributed by atoms with Crippen molar-refractivity contribution in [1.82, 2.24) is 9.80 Å². The number of nitrogens with zero attached hydrogens (tertiary/aromatic N) is 2. The van der Waals surface area contributed by atoms with E-state index in [0.717, 1.165) is 25.9 Å². The van der Waals surface area contributed by atoms with Crippen LogP contribution in [-0.2, 0) is 4.79 Å². The molecule has 0 spiro atoms. The number of aliphatic hydroxyl groups is 1. The molecule has 18 heavy (non-hydrogen) atoms. The van der Waals surface area contributed by atoms with Crippen LogP contribution in [0.15, 0.2) is 0 Å². The molecule has 2 heterocycles. The average Bonchev–Trinajstić information content (AvgIpc) is 2.46. The fraction of sp³-hybridized carbons (Fsp3) is 0.929. The van der Waals surface area contributed by atoms with E-state index in [1.165, 1.54) is 32.4 Å². The highest BCUT2D eigenvalue weighted by Crippen LogP contribution is 2.21.